The number of hydrogen-bond donors (Lipinski definition) is 1. The molecule has 2 aromatic rings. The lowest BCUT2D eigenvalue weighted by atomic mass is 10.2. The molecule has 0 unspecified atom stereocenters. The minimum Gasteiger partial charge on any atom is -0.314 e. The molecule has 0 bridgehead atoms. The van der Waals surface area contributed by atoms with Gasteiger partial charge in [0.1, 0.15) is 0 Å². The lowest BCUT2D eigenvalue weighted by molar-refractivity contribution is 0.164. The minimum atomic E-state index is 0.526. The van der Waals surface area contributed by atoms with E-state index in [9.17, 15) is 0 Å². The number of nitrogens with one attached hydrogen (secondary N) is 1. The Morgan fingerprint density at radius 1 is 1.42 bits per heavy atom. The van der Waals surface area contributed by atoms with E-state index in [-0.39, 0.29) is 0 Å². The van der Waals surface area contributed by atoms with Gasteiger partial charge in [-0.15, -0.1) is 0 Å². The Balaban J connectivity index is 1.87. The van der Waals surface area contributed by atoms with Crippen molar-refractivity contribution in [1.29, 1.82) is 0 Å². The highest BCUT2D eigenvalue weighted by molar-refractivity contribution is 6.36. The molecule has 1 aliphatic rings. The van der Waals surface area contributed by atoms with Crippen LogP contribution in [0.25, 0.3) is 5.65 Å². The molecule has 0 aliphatic carbocycles. The molecular formula is C13H16Cl2N4. The summed E-state index contributed by atoms with van der Waals surface area (Å²) >= 11 is 12.2. The third-order valence-corrected chi connectivity index (χ3v) is 4.01. The first-order valence-electron chi connectivity index (χ1n) is 6.41. The Kier molecular flexibility index (Phi) is 3.67. The number of hydrogen-bond acceptors (Lipinski definition) is 3. The maximum atomic E-state index is 6.16. The fourth-order valence-electron chi connectivity index (χ4n) is 2.48. The number of piperazine rings is 1. The second-order valence-electron chi connectivity index (χ2n) is 4.99. The van der Waals surface area contributed by atoms with Crippen molar-refractivity contribution in [3.05, 3.63) is 34.2 Å². The summed E-state index contributed by atoms with van der Waals surface area (Å²) in [7, 11) is 0. The normalized spacial score (nSPS) is 21.1. The van der Waals surface area contributed by atoms with E-state index in [2.05, 4.69) is 22.1 Å². The predicted octanol–water partition coefficient (Wildman–Crippen LogP) is 2.43. The number of nitrogens with zero attached hydrogens (tertiary/aromatic N) is 3. The average molecular weight is 299 g/mol. The molecule has 1 atom stereocenters. The van der Waals surface area contributed by atoms with Crippen molar-refractivity contribution in [2.75, 3.05) is 19.6 Å². The van der Waals surface area contributed by atoms with Gasteiger partial charge in [0.15, 0.2) is 5.65 Å². The van der Waals surface area contributed by atoms with Gasteiger partial charge in [-0.05, 0) is 13.0 Å². The van der Waals surface area contributed by atoms with Crippen molar-refractivity contribution >= 4 is 28.8 Å². The van der Waals surface area contributed by atoms with Crippen LogP contribution in [0.2, 0.25) is 10.0 Å². The van der Waals surface area contributed by atoms with E-state index in [4.69, 9.17) is 23.2 Å². The maximum Gasteiger partial charge on any atom is 0.156 e. The van der Waals surface area contributed by atoms with E-state index in [0.717, 1.165) is 37.5 Å². The molecule has 102 valence electrons. The van der Waals surface area contributed by atoms with Gasteiger partial charge in [-0.25, -0.2) is 4.98 Å². The number of halogens is 2. The van der Waals surface area contributed by atoms with Gasteiger partial charge in [0.2, 0.25) is 0 Å². The van der Waals surface area contributed by atoms with Gasteiger partial charge < -0.3 is 9.72 Å². The molecule has 0 spiro atoms. The van der Waals surface area contributed by atoms with Crippen molar-refractivity contribution in [2.45, 2.75) is 19.5 Å². The van der Waals surface area contributed by atoms with Crippen LogP contribution in [0.4, 0.5) is 0 Å². The first kappa shape index (κ1) is 13.2. The van der Waals surface area contributed by atoms with Crippen LogP contribution >= 0.6 is 23.2 Å². The van der Waals surface area contributed by atoms with Gasteiger partial charge in [-0.2, -0.15) is 0 Å². The molecule has 6 heteroatoms. The van der Waals surface area contributed by atoms with Gasteiger partial charge in [-0.1, -0.05) is 23.2 Å². The van der Waals surface area contributed by atoms with Crippen LogP contribution in [0.3, 0.4) is 0 Å². The number of imidazole rings is 1. The van der Waals surface area contributed by atoms with Crippen LogP contribution < -0.4 is 5.32 Å². The molecule has 4 nitrogen and oxygen atoms in total. The Morgan fingerprint density at radius 2 is 2.26 bits per heavy atom. The largest absolute Gasteiger partial charge is 0.314 e. The van der Waals surface area contributed by atoms with Gasteiger partial charge in [0.05, 0.1) is 15.7 Å². The molecular weight excluding hydrogens is 283 g/mol. The third kappa shape index (κ3) is 2.72. The van der Waals surface area contributed by atoms with Crippen LogP contribution in [0.1, 0.15) is 12.6 Å². The molecule has 2 aromatic heterocycles. The zero-order valence-corrected chi connectivity index (χ0v) is 12.2. The van der Waals surface area contributed by atoms with Crippen LogP contribution in [-0.2, 0) is 6.54 Å². The fraction of sp³-hybridized carbons (Fsp3) is 0.462. The summed E-state index contributed by atoms with van der Waals surface area (Å²) < 4.78 is 1.90. The summed E-state index contributed by atoms with van der Waals surface area (Å²) in [5.41, 5.74) is 1.79. The van der Waals surface area contributed by atoms with Crippen molar-refractivity contribution in [1.82, 2.24) is 19.6 Å². The van der Waals surface area contributed by atoms with Crippen molar-refractivity contribution in [2.24, 2.45) is 0 Å². The summed E-state index contributed by atoms with van der Waals surface area (Å²) in [4.78, 5) is 7.02. The van der Waals surface area contributed by atoms with Crippen molar-refractivity contribution in [3.8, 4) is 0 Å². The van der Waals surface area contributed by atoms with E-state index in [1.54, 1.807) is 6.07 Å². The molecule has 19 heavy (non-hydrogen) atoms. The number of fused-ring (bicyclic) bond motifs is 1. The molecule has 1 saturated heterocycles. The predicted molar refractivity (Wildman–Crippen MR) is 78.0 cm³/mol. The summed E-state index contributed by atoms with van der Waals surface area (Å²) in [6.45, 7) is 6.18. The van der Waals surface area contributed by atoms with Gasteiger partial charge in [0, 0.05) is 44.6 Å². The quantitative estimate of drug-likeness (QED) is 0.924. The van der Waals surface area contributed by atoms with E-state index >= 15 is 0 Å². The maximum absolute atomic E-state index is 6.16. The van der Waals surface area contributed by atoms with Crippen LogP contribution in [-0.4, -0.2) is 40.0 Å². The van der Waals surface area contributed by atoms with Crippen LogP contribution in [0.15, 0.2) is 18.5 Å². The zero-order valence-electron chi connectivity index (χ0n) is 10.7. The van der Waals surface area contributed by atoms with Gasteiger partial charge >= 0.3 is 0 Å². The number of pyridine rings is 1. The first-order valence-corrected chi connectivity index (χ1v) is 7.16. The molecule has 3 heterocycles. The highest BCUT2D eigenvalue weighted by Gasteiger charge is 2.19. The standard InChI is InChI=1S/C13H16Cl2N4/c1-9-5-16-2-3-18(9)7-11-8-19-6-10(14)4-12(15)13(19)17-11/h4,6,8-9,16H,2-3,5,7H2,1H3/t9-/m0/s1. The highest BCUT2D eigenvalue weighted by atomic mass is 35.5. The third-order valence-electron chi connectivity index (χ3n) is 3.53. The highest BCUT2D eigenvalue weighted by Crippen LogP contribution is 2.22. The SMILES string of the molecule is C[C@H]1CNCCN1Cc1cn2cc(Cl)cc(Cl)c2n1. The summed E-state index contributed by atoms with van der Waals surface area (Å²) in [6, 6.07) is 2.25. The van der Waals surface area contributed by atoms with Gasteiger partial charge in [-0.3, -0.25) is 4.90 Å². The zero-order chi connectivity index (χ0) is 13.4. The Morgan fingerprint density at radius 3 is 3.05 bits per heavy atom. The molecule has 0 saturated carbocycles. The first-order chi connectivity index (χ1) is 9.13. The average Bonchev–Trinajstić information content (AvgIpc) is 2.75. The molecule has 3 rings (SSSR count). The summed E-state index contributed by atoms with van der Waals surface area (Å²) in [6.07, 6.45) is 3.84. The molecule has 1 fully saturated rings. The lowest BCUT2D eigenvalue weighted by Gasteiger charge is -2.33. The topological polar surface area (TPSA) is 32.6 Å². The smallest absolute Gasteiger partial charge is 0.156 e. The van der Waals surface area contributed by atoms with Crippen molar-refractivity contribution in [3.63, 3.8) is 0 Å². The molecule has 1 aliphatic heterocycles. The minimum absolute atomic E-state index is 0.526. The monoisotopic (exact) mass is 298 g/mol. The number of rotatable bonds is 2. The molecule has 0 amide bonds. The lowest BCUT2D eigenvalue weighted by Crippen LogP contribution is -2.49. The fourth-order valence-corrected chi connectivity index (χ4v) is 3.00. The van der Waals surface area contributed by atoms with Crippen molar-refractivity contribution < 1.29 is 0 Å². The van der Waals surface area contributed by atoms with E-state index < -0.39 is 0 Å². The van der Waals surface area contributed by atoms with E-state index in [0.29, 0.717) is 16.1 Å². The molecule has 1 N–H and O–H groups in total. The second-order valence-corrected chi connectivity index (χ2v) is 5.84. The van der Waals surface area contributed by atoms with Gasteiger partial charge in [0.25, 0.3) is 0 Å². The summed E-state index contributed by atoms with van der Waals surface area (Å²) in [5, 5.41) is 4.60. The summed E-state index contributed by atoms with van der Waals surface area (Å²) in [5.74, 6) is 0. The van der Waals surface area contributed by atoms with Crippen LogP contribution in [0, 0.1) is 0 Å². The number of aromatic nitrogens is 2. The molecule has 0 radical (unpaired) electrons. The second kappa shape index (κ2) is 5.29. The Hall–Kier alpha value is -0.810. The van der Waals surface area contributed by atoms with Crippen LogP contribution in [0.5, 0.6) is 0 Å². The molecule has 0 aromatic carbocycles. The Bertz CT molecular complexity index is 596. The van der Waals surface area contributed by atoms with E-state index in [1.165, 1.54) is 0 Å². The Labute approximate surface area is 122 Å². The van der Waals surface area contributed by atoms with E-state index in [1.807, 2.05) is 16.8 Å².